The van der Waals surface area contributed by atoms with Crippen LogP contribution in [0.15, 0.2) is 16.3 Å². The van der Waals surface area contributed by atoms with Crippen molar-refractivity contribution < 1.29 is 13.5 Å². The lowest BCUT2D eigenvalue weighted by atomic mass is 10.0. The van der Waals surface area contributed by atoms with E-state index < -0.39 is 10.0 Å². The van der Waals surface area contributed by atoms with E-state index >= 15 is 0 Å². The van der Waals surface area contributed by atoms with Gasteiger partial charge in [-0.15, -0.1) is 11.3 Å². The summed E-state index contributed by atoms with van der Waals surface area (Å²) in [6, 6.07) is 3.37. The van der Waals surface area contributed by atoms with Gasteiger partial charge in [0.25, 0.3) is 10.0 Å². The van der Waals surface area contributed by atoms with Crippen molar-refractivity contribution in [2.24, 2.45) is 11.7 Å². The van der Waals surface area contributed by atoms with Gasteiger partial charge in [0.1, 0.15) is 4.21 Å². The molecule has 0 aromatic carbocycles. The van der Waals surface area contributed by atoms with Gasteiger partial charge < -0.3 is 10.8 Å². The summed E-state index contributed by atoms with van der Waals surface area (Å²) < 4.78 is 26.6. The Morgan fingerprint density at radius 1 is 1.50 bits per heavy atom. The van der Waals surface area contributed by atoms with E-state index in [1.54, 1.807) is 12.1 Å². The van der Waals surface area contributed by atoms with Gasteiger partial charge in [-0.3, -0.25) is 0 Å². The molecule has 1 aromatic rings. The number of rotatable bonds is 4. The Labute approximate surface area is 111 Å². The molecule has 2 rings (SSSR count). The fourth-order valence-electron chi connectivity index (χ4n) is 2.13. The average molecular weight is 290 g/mol. The maximum absolute atomic E-state index is 12.4. The van der Waals surface area contributed by atoms with Crippen molar-refractivity contribution in [2.45, 2.75) is 23.6 Å². The zero-order valence-electron chi connectivity index (χ0n) is 10.1. The second kappa shape index (κ2) is 5.66. The highest BCUT2D eigenvalue weighted by molar-refractivity contribution is 7.91. The number of thiophene rings is 1. The number of nitrogens with two attached hydrogens (primary N) is 1. The molecule has 7 heteroatoms. The summed E-state index contributed by atoms with van der Waals surface area (Å²) in [5.41, 5.74) is 5.50. The molecule has 1 saturated heterocycles. The first-order valence-corrected chi connectivity index (χ1v) is 8.23. The molecule has 0 radical (unpaired) electrons. The number of piperidine rings is 1. The third-order valence-electron chi connectivity index (χ3n) is 3.17. The van der Waals surface area contributed by atoms with Crippen LogP contribution in [-0.2, 0) is 16.6 Å². The Balaban J connectivity index is 2.19. The maximum atomic E-state index is 12.4. The summed E-state index contributed by atoms with van der Waals surface area (Å²) >= 11 is 1.23. The van der Waals surface area contributed by atoms with Crippen LogP contribution >= 0.6 is 11.3 Å². The summed E-state index contributed by atoms with van der Waals surface area (Å²) in [7, 11) is -3.41. The summed E-state index contributed by atoms with van der Waals surface area (Å²) in [6.07, 6.45) is 1.70. The smallest absolute Gasteiger partial charge is 0.252 e. The average Bonchev–Trinajstić information content (AvgIpc) is 2.88. The quantitative estimate of drug-likeness (QED) is 0.850. The van der Waals surface area contributed by atoms with Crippen LogP contribution in [0.25, 0.3) is 0 Å². The molecule has 0 aliphatic carbocycles. The van der Waals surface area contributed by atoms with Crippen LogP contribution in [0.2, 0.25) is 0 Å². The van der Waals surface area contributed by atoms with Crippen LogP contribution in [0.5, 0.6) is 0 Å². The van der Waals surface area contributed by atoms with Gasteiger partial charge in [-0.05, 0) is 30.9 Å². The minimum atomic E-state index is -3.41. The highest BCUT2D eigenvalue weighted by Gasteiger charge is 2.30. The summed E-state index contributed by atoms with van der Waals surface area (Å²) in [5.74, 6) is 0.0578. The predicted octanol–water partition coefficient (Wildman–Crippen LogP) is 0.600. The first kappa shape index (κ1) is 14.0. The van der Waals surface area contributed by atoms with Gasteiger partial charge in [-0.2, -0.15) is 4.31 Å². The molecule has 0 spiro atoms. The Bertz CT molecular complexity index is 498. The Kier molecular flexibility index (Phi) is 4.39. The molecule has 1 unspecified atom stereocenters. The molecule has 1 fully saturated rings. The lowest BCUT2D eigenvalue weighted by Gasteiger charge is -2.30. The SMILES string of the molecule is NCc1ccc(S(=O)(=O)N2CCCC(CO)C2)s1. The van der Waals surface area contributed by atoms with Crippen LogP contribution in [0.4, 0.5) is 0 Å². The Morgan fingerprint density at radius 2 is 2.28 bits per heavy atom. The summed E-state index contributed by atoms with van der Waals surface area (Å²) in [6.45, 7) is 1.35. The van der Waals surface area contributed by atoms with E-state index in [0.29, 0.717) is 23.8 Å². The van der Waals surface area contributed by atoms with Crippen molar-refractivity contribution in [1.29, 1.82) is 0 Å². The first-order valence-electron chi connectivity index (χ1n) is 5.97. The zero-order chi connectivity index (χ0) is 13.2. The molecular formula is C11H18N2O3S2. The van der Waals surface area contributed by atoms with E-state index in [-0.39, 0.29) is 12.5 Å². The minimum Gasteiger partial charge on any atom is -0.396 e. The normalized spacial score (nSPS) is 22.2. The van der Waals surface area contributed by atoms with Crippen molar-refractivity contribution in [3.05, 3.63) is 17.0 Å². The third kappa shape index (κ3) is 2.75. The van der Waals surface area contributed by atoms with E-state index in [4.69, 9.17) is 10.8 Å². The lowest BCUT2D eigenvalue weighted by molar-refractivity contribution is 0.165. The van der Waals surface area contributed by atoms with Crippen LogP contribution < -0.4 is 5.73 Å². The van der Waals surface area contributed by atoms with Gasteiger partial charge in [0, 0.05) is 31.1 Å². The van der Waals surface area contributed by atoms with Gasteiger partial charge in [-0.1, -0.05) is 0 Å². The fourth-order valence-corrected chi connectivity index (χ4v) is 5.07. The largest absolute Gasteiger partial charge is 0.396 e. The molecule has 1 aliphatic rings. The van der Waals surface area contributed by atoms with Gasteiger partial charge in [0.05, 0.1) is 0 Å². The summed E-state index contributed by atoms with van der Waals surface area (Å²) in [4.78, 5) is 0.865. The maximum Gasteiger partial charge on any atom is 0.252 e. The third-order valence-corrected chi connectivity index (χ3v) is 6.61. The topological polar surface area (TPSA) is 83.6 Å². The van der Waals surface area contributed by atoms with Crippen molar-refractivity contribution in [3.8, 4) is 0 Å². The van der Waals surface area contributed by atoms with E-state index in [1.807, 2.05) is 0 Å². The van der Waals surface area contributed by atoms with Crippen LogP contribution in [0.1, 0.15) is 17.7 Å². The number of hydrogen-bond acceptors (Lipinski definition) is 5. The molecule has 18 heavy (non-hydrogen) atoms. The van der Waals surface area contributed by atoms with Crippen molar-refractivity contribution >= 4 is 21.4 Å². The molecule has 0 saturated carbocycles. The highest BCUT2D eigenvalue weighted by atomic mass is 32.2. The van der Waals surface area contributed by atoms with Crippen molar-refractivity contribution in [2.75, 3.05) is 19.7 Å². The molecule has 3 N–H and O–H groups in total. The van der Waals surface area contributed by atoms with Gasteiger partial charge >= 0.3 is 0 Å². The molecule has 1 atom stereocenters. The number of aliphatic hydroxyl groups excluding tert-OH is 1. The minimum absolute atomic E-state index is 0.0461. The Morgan fingerprint density at radius 3 is 2.89 bits per heavy atom. The molecule has 1 aliphatic heterocycles. The van der Waals surface area contributed by atoms with E-state index in [1.165, 1.54) is 15.6 Å². The fraction of sp³-hybridized carbons (Fsp3) is 0.636. The molecule has 102 valence electrons. The molecular weight excluding hydrogens is 272 g/mol. The van der Waals surface area contributed by atoms with Crippen LogP contribution in [0.3, 0.4) is 0 Å². The molecule has 1 aromatic heterocycles. The van der Waals surface area contributed by atoms with Gasteiger partial charge in [0.2, 0.25) is 0 Å². The molecule has 5 nitrogen and oxygen atoms in total. The van der Waals surface area contributed by atoms with Crippen LogP contribution in [0, 0.1) is 5.92 Å². The molecule has 2 heterocycles. The number of nitrogens with zero attached hydrogens (tertiary/aromatic N) is 1. The molecule has 0 bridgehead atoms. The summed E-state index contributed by atoms with van der Waals surface area (Å²) in [5, 5.41) is 9.15. The monoisotopic (exact) mass is 290 g/mol. The van der Waals surface area contributed by atoms with E-state index in [2.05, 4.69) is 0 Å². The van der Waals surface area contributed by atoms with Crippen LogP contribution in [-0.4, -0.2) is 37.5 Å². The predicted molar refractivity (Wildman–Crippen MR) is 70.8 cm³/mol. The van der Waals surface area contributed by atoms with E-state index in [9.17, 15) is 8.42 Å². The highest BCUT2D eigenvalue weighted by Crippen LogP contribution is 2.28. The first-order chi connectivity index (χ1) is 8.57. The number of aliphatic hydroxyl groups is 1. The zero-order valence-corrected chi connectivity index (χ0v) is 11.7. The standard InChI is InChI=1S/C11H18N2O3S2/c12-6-10-3-4-11(17-10)18(15,16)13-5-1-2-9(7-13)8-14/h3-4,9,14H,1-2,5-8,12H2. The van der Waals surface area contributed by atoms with Gasteiger partial charge in [-0.25, -0.2) is 8.42 Å². The second-order valence-corrected chi connectivity index (χ2v) is 7.81. The van der Waals surface area contributed by atoms with Gasteiger partial charge in [0.15, 0.2) is 0 Å². The number of sulfonamides is 1. The number of hydrogen-bond donors (Lipinski definition) is 2. The second-order valence-electron chi connectivity index (χ2n) is 4.48. The lowest BCUT2D eigenvalue weighted by Crippen LogP contribution is -2.40. The Hall–Kier alpha value is -0.470. The van der Waals surface area contributed by atoms with Crippen molar-refractivity contribution in [3.63, 3.8) is 0 Å². The molecule has 0 amide bonds. The van der Waals surface area contributed by atoms with Crippen molar-refractivity contribution in [1.82, 2.24) is 4.31 Å². The van der Waals surface area contributed by atoms with E-state index in [0.717, 1.165) is 17.7 Å².